The number of rotatable bonds is 8. The van der Waals surface area contributed by atoms with E-state index in [1.807, 2.05) is 25.1 Å². The van der Waals surface area contributed by atoms with E-state index in [2.05, 4.69) is 9.97 Å². The number of pyridine rings is 1. The van der Waals surface area contributed by atoms with E-state index in [1.165, 1.54) is 29.2 Å². The van der Waals surface area contributed by atoms with Gasteiger partial charge in [-0.2, -0.15) is 5.26 Å². The second kappa shape index (κ2) is 11.1. The van der Waals surface area contributed by atoms with Gasteiger partial charge in [0.25, 0.3) is 5.56 Å². The number of benzene rings is 2. The average molecular weight is 575 g/mol. The standard InChI is InChI=1S/C29H23ClN4O5S/c1-15-4-6-19(27-24(15)21(14-40-27)29(36)37)20-10-18(30)5-7-23(20)39-9-8-34-16(2)33-26-22(13-38-3)32-12-17(11-31)25(26)28(34)35/h4-7,10,12,14H,8-9,13H2,1-3H3,(H,36,37). The number of aryl methyl sites for hydroxylation is 2. The van der Waals surface area contributed by atoms with Crippen LogP contribution in [0.15, 0.2) is 46.7 Å². The van der Waals surface area contributed by atoms with E-state index >= 15 is 0 Å². The zero-order chi connectivity index (χ0) is 28.6. The molecule has 2 aromatic carbocycles. The molecule has 202 valence electrons. The van der Waals surface area contributed by atoms with Gasteiger partial charge in [-0.1, -0.05) is 23.7 Å². The molecule has 0 bridgehead atoms. The molecule has 0 atom stereocenters. The van der Waals surface area contributed by atoms with Crippen molar-refractivity contribution in [2.45, 2.75) is 27.0 Å². The van der Waals surface area contributed by atoms with Crippen LogP contribution in [-0.2, 0) is 17.9 Å². The Labute approximate surface area is 237 Å². The Bertz CT molecular complexity index is 1910. The first-order chi connectivity index (χ1) is 19.2. The summed E-state index contributed by atoms with van der Waals surface area (Å²) in [6, 6.07) is 11.1. The molecule has 0 saturated heterocycles. The first-order valence-corrected chi connectivity index (χ1v) is 13.5. The Kier molecular flexibility index (Phi) is 7.54. The number of methoxy groups -OCH3 is 1. The number of hydrogen-bond acceptors (Lipinski definition) is 8. The summed E-state index contributed by atoms with van der Waals surface area (Å²) in [5, 5.41) is 22.3. The van der Waals surface area contributed by atoms with E-state index in [0.717, 1.165) is 15.8 Å². The highest BCUT2D eigenvalue weighted by Gasteiger charge is 2.20. The van der Waals surface area contributed by atoms with Crippen molar-refractivity contribution in [3.63, 3.8) is 0 Å². The molecule has 0 radical (unpaired) electrons. The third-order valence-corrected chi connectivity index (χ3v) is 7.87. The summed E-state index contributed by atoms with van der Waals surface area (Å²) in [4.78, 5) is 34.1. The van der Waals surface area contributed by atoms with Gasteiger partial charge in [0.1, 0.15) is 29.8 Å². The van der Waals surface area contributed by atoms with Crippen molar-refractivity contribution in [2.75, 3.05) is 13.7 Å². The van der Waals surface area contributed by atoms with E-state index in [4.69, 9.17) is 21.1 Å². The molecule has 0 amide bonds. The Balaban J connectivity index is 1.51. The van der Waals surface area contributed by atoms with E-state index < -0.39 is 5.97 Å². The van der Waals surface area contributed by atoms with Crippen molar-refractivity contribution in [3.05, 3.63) is 85.5 Å². The summed E-state index contributed by atoms with van der Waals surface area (Å²) in [7, 11) is 1.52. The highest BCUT2D eigenvalue weighted by atomic mass is 35.5. The molecule has 0 saturated carbocycles. The van der Waals surface area contributed by atoms with Gasteiger partial charge in [-0.05, 0) is 37.6 Å². The lowest BCUT2D eigenvalue weighted by molar-refractivity contribution is 0.0699. The van der Waals surface area contributed by atoms with Crippen molar-refractivity contribution in [1.29, 1.82) is 5.26 Å². The van der Waals surface area contributed by atoms with Gasteiger partial charge in [0.05, 0.1) is 35.4 Å². The fraction of sp³-hybridized carbons (Fsp3) is 0.207. The molecule has 0 spiro atoms. The maximum atomic E-state index is 13.5. The number of carbonyl (C=O) groups is 1. The van der Waals surface area contributed by atoms with Crippen LogP contribution in [0.4, 0.5) is 0 Å². The SMILES string of the molecule is COCc1ncc(C#N)c2c(=O)n(CCOc3ccc(Cl)cc3-c3ccc(C)c4c(C(=O)O)csc34)c(C)nc12. The number of carboxylic acids is 1. The molecule has 5 aromatic rings. The van der Waals surface area contributed by atoms with Gasteiger partial charge in [0, 0.05) is 44.9 Å². The van der Waals surface area contributed by atoms with Crippen LogP contribution < -0.4 is 10.3 Å². The predicted octanol–water partition coefficient (Wildman–Crippen LogP) is 5.74. The zero-order valence-electron chi connectivity index (χ0n) is 21.8. The smallest absolute Gasteiger partial charge is 0.337 e. The Morgan fingerprint density at radius 3 is 2.73 bits per heavy atom. The summed E-state index contributed by atoms with van der Waals surface area (Å²) in [5.74, 6) is -0.00109. The second-order valence-electron chi connectivity index (χ2n) is 9.08. The average Bonchev–Trinajstić information content (AvgIpc) is 3.39. The number of fused-ring (bicyclic) bond motifs is 2. The summed E-state index contributed by atoms with van der Waals surface area (Å²) < 4.78 is 13.6. The fourth-order valence-electron chi connectivity index (χ4n) is 4.74. The molecule has 0 aliphatic heterocycles. The van der Waals surface area contributed by atoms with E-state index in [1.54, 1.807) is 30.5 Å². The molecule has 1 N–H and O–H groups in total. The van der Waals surface area contributed by atoms with Crippen LogP contribution >= 0.6 is 22.9 Å². The number of aromatic carboxylic acids is 1. The Morgan fingerprint density at radius 1 is 1.20 bits per heavy atom. The van der Waals surface area contributed by atoms with Gasteiger partial charge in [-0.15, -0.1) is 11.3 Å². The van der Waals surface area contributed by atoms with Gasteiger partial charge in [-0.25, -0.2) is 9.78 Å². The minimum atomic E-state index is -0.983. The van der Waals surface area contributed by atoms with Gasteiger partial charge in [-0.3, -0.25) is 14.3 Å². The quantitative estimate of drug-likeness (QED) is 0.248. The molecular weight excluding hydrogens is 552 g/mol. The normalized spacial score (nSPS) is 11.2. The Hall–Kier alpha value is -4.30. The predicted molar refractivity (Wildman–Crippen MR) is 153 cm³/mol. The van der Waals surface area contributed by atoms with Crippen LogP contribution in [0.3, 0.4) is 0 Å². The second-order valence-corrected chi connectivity index (χ2v) is 10.4. The number of carboxylic acid groups (broad SMARTS) is 1. The maximum Gasteiger partial charge on any atom is 0.337 e. The van der Waals surface area contributed by atoms with E-state index in [0.29, 0.717) is 38.8 Å². The van der Waals surface area contributed by atoms with Gasteiger partial charge < -0.3 is 14.6 Å². The number of halogens is 1. The maximum absolute atomic E-state index is 13.5. The lowest BCUT2D eigenvalue weighted by Crippen LogP contribution is -2.27. The van der Waals surface area contributed by atoms with Crippen molar-refractivity contribution in [3.8, 4) is 22.9 Å². The largest absolute Gasteiger partial charge is 0.491 e. The van der Waals surface area contributed by atoms with Crippen molar-refractivity contribution < 1.29 is 19.4 Å². The van der Waals surface area contributed by atoms with Gasteiger partial charge >= 0.3 is 5.97 Å². The van der Waals surface area contributed by atoms with Crippen LogP contribution in [0, 0.1) is 25.2 Å². The monoisotopic (exact) mass is 574 g/mol. The lowest BCUT2D eigenvalue weighted by Gasteiger charge is -2.16. The summed E-state index contributed by atoms with van der Waals surface area (Å²) in [5.41, 5.74) is 3.23. The van der Waals surface area contributed by atoms with E-state index in [-0.39, 0.29) is 41.8 Å². The molecule has 11 heteroatoms. The van der Waals surface area contributed by atoms with Crippen molar-refractivity contribution >= 4 is 49.9 Å². The molecule has 0 aliphatic carbocycles. The number of aromatic nitrogens is 3. The first kappa shape index (κ1) is 27.3. The van der Waals surface area contributed by atoms with Crippen molar-refractivity contribution in [1.82, 2.24) is 14.5 Å². The highest BCUT2D eigenvalue weighted by molar-refractivity contribution is 7.18. The molecule has 0 unspecified atom stereocenters. The summed E-state index contributed by atoms with van der Waals surface area (Å²) in [6.45, 7) is 4.05. The molecule has 3 aromatic heterocycles. The number of thiophene rings is 1. The fourth-order valence-corrected chi connectivity index (χ4v) is 6.06. The number of nitriles is 1. The van der Waals surface area contributed by atoms with Crippen LogP contribution in [-0.4, -0.2) is 39.3 Å². The minimum Gasteiger partial charge on any atom is -0.491 e. The highest BCUT2D eigenvalue weighted by Crippen LogP contribution is 2.41. The summed E-state index contributed by atoms with van der Waals surface area (Å²) >= 11 is 7.71. The van der Waals surface area contributed by atoms with E-state index in [9.17, 15) is 20.0 Å². The molecule has 3 heterocycles. The zero-order valence-corrected chi connectivity index (χ0v) is 23.4. The Morgan fingerprint density at radius 2 is 2.00 bits per heavy atom. The molecule has 0 aliphatic rings. The minimum absolute atomic E-state index is 0.125. The van der Waals surface area contributed by atoms with Gasteiger partial charge in [0.2, 0.25) is 0 Å². The third kappa shape index (κ3) is 4.79. The van der Waals surface area contributed by atoms with Gasteiger partial charge in [0.15, 0.2) is 0 Å². The molecular formula is C29H23ClN4O5S. The topological polar surface area (TPSA) is 127 Å². The molecule has 5 rings (SSSR count). The molecule has 40 heavy (non-hydrogen) atoms. The lowest BCUT2D eigenvalue weighted by atomic mass is 9.98. The number of ether oxygens (including phenoxy) is 2. The number of nitrogens with zero attached hydrogens (tertiary/aromatic N) is 4. The summed E-state index contributed by atoms with van der Waals surface area (Å²) in [6.07, 6.45) is 1.36. The first-order valence-electron chi connectivity index (χ1n) is 12.2. The molecule has 9 nitrogen and oxygen atoms in total. The number of hydrogen-bond donors (Lipinski definition) is 1. The van der Waals surface area contributed by atoms with Crippen LogP contribution in [0.5, 0.6) is 5.75 Å². The third-order valence-electron chi connectivity index (χ3n) is 6.62. The van der Waals surface area contributed by atoms with Crippen molar-refractivity contribution in [2.24, 2.45) is 0 Å². The van der Waals surface area contributed by atoms with Crippen LogP contribution in [0.2, 0.25) is 5.02 Å². The molecule has 0 fully saturated rings. The van der Waals surface area contributed by atoms with Crippen LogP contribution in [0.1, 0.15) is 33.0 Å². The van der Waals surface area contributed by atoms with Crippen LogP contribution in [0.25, 0.3) is 32.1 Å².